The van der Waals surface area contributed by atoms with Crippen LogP contribution in [0.3, 0.4) is 0 Å². The molecule has 0 heterocycles. The lowest BCUT2D eigenvalue weighted by Crippen LogP contribution is -2.42. The lowest BCUT2D eigenvalue weighted by Gasteiger charge is -2.21. The fourth-order valence-corrected chi connectivity index (χ4v) is 1.79. The second-order valence-electron chi connectivity index (χ2n) is 4.37. The summed E-state index contributed by atoms with van der Waals surface area (Å²) in [6, 6.07) is 6.47. The number of phenolic OH excluding ortho intramolecular Hbond substituents is 1. The molecule has 1 aromatic rings. The summed E-state index contributed by atoms with van der Waals surface area (Å²) in [6.07, 6.45) is 1.39. The summed E-state index contributed by atoms with van der Waals surface area (Å²) in [7, 11) is 0. The van der Waals surface area contributed by atoms with Crippen molar-refractivity contribution in [2.45, 2.75) is 31.8 Å². The van der Waals surface area contributed by atoms with Crippen molar-refractivity contribution in [1.29, 1.82) is 0 Å². The van der Waals surface area contributed by atoms with Crippen LogP contribution in [0.15, 0.2) is 24.3 Å². The van der Waals surface area contributed by atoms with Crippen molar-refractivity contribution in [2.24, 2.45) is 11.5 Å². The number of amides is 1. The summed E-state index contributed by atoms with van der Waals surface area (Å²) in [6.45, 7) is 2.49. The standard InChI is InChI=1S/C13H21N3O2/c1-9(10-4-6-11(17)7-5-10)16-12(13(15)18)3-2-8-14/h4-7,9,12,16-17H,2-3,8,14H2,1H3,(H2,15,18)/t9?,12-/m0/s1. The van der Waals surface area contributed by atoms with Crippen LogP contribution in [0.2, 0.25) is 0 Å². The molecular weight excluding hydrogens is 230 g/mol. The minimum atomic E-state index is -0.377. The molecule has 100 valence electrons. The van der Waals surface area contributed by atoms with Crippen LogP contribution in [0.1, 0.15) is 31.4 Å². The second-order valence-corrected chi connectivity index (χ2v) is 4.37. The van der Waals surface area contributed by atoms with Crippen LogP contribution in [0.25, 0.3) is 0 Å². The molecule has 0 radical (unpaired) electrons. The third-order valence-corrected chi connectivity index (χ3v) is 2.88. The summed E-state index contributed by atoms with van der Waals surface area (Å²) in [5.41, 5.74) is 11.8. The molecule has 1 unspecified atom stereocenters. The van der Waals surface area contributed by atoms with Crippen LogP contribution in [0, 0.1) is 0 Å². The molecule has 0 saturated carbocycles. The molecule has 2 atom stereocenters. The van der Waals surface area contributed by atoms with Crippen molar-refractivity contribution in [3.8, 4) is 5.75 Å². The zero-order chi connectivity index (χ0) is 13.5. The molecule has 0 saturated heterocycles. The van der Waals surface area contributed by atoms with Gasteiger partial charge in [-0.3, -0.25) is 10.1 Å². The Morgan fingerprint density at radius 2 is 2.00 bits per heavy atom. The number of benzene rings is 1. The molecule has 1 amide bonds. The Morgan fingerprint density at radius 3 is 2.50 bits per heavy atom. The lowest BCUT2D eigenvalue weighted by atomic mass is 10.0. The predicted molar refractivity (Wildman–Crippen MR) is 70.9 cm³/mol. The maximum absolute atomic E-state index is 11.3. The van der Waals surface area contributed by atoms with Crippen molar-refractivity contribution in [3.63, 3.8) is 0 Å². The Balaban J connectivity index is 2.62. The molecule has 0 aliphatic heterocycles. The number of carbonyl (C=O) groups is 1. The SMILES string of the molecule is CC(N[C@@H](CCCN)C(N)=O)c1ccc(O)cc1. The van der Waals surface area contributed by atoms with Crippen LogP contribution < -0.4 is 16.8 Å². The molecule has 0 fully saturated rings. The highest BCUT2D eigenvalue weighted by atomic mass is 16.3. The van der Waals surface area contributed by atoms with Crippen molar-refractivity contribution in [1.82, 2.24) is 5.32 Å². The molecule has 0 spiro atoms. The van der Waals surface area contributed by atoms with Crippen molar-refractivity contribution in [2.75, 3.05) is 6.54 Å². The molecule has 6 N–H and O–H groups in total. The van der Waals surface area contributed by atoms with E-state index < -0.39 is 0 Å². The van der Waals surface area contributed by atoms with E-state index in [4.69, 9.17) is 11.5 Å². The largest absolute Gasteiger partial charge is 0.508 e. The molecule has 5 nitrogen and oxygen atoms in total. The smallest absolute Gasteiger partial charge is 0.234 e. The van der Waals surface area contributed by atoms with E-state index >= 15 is 0 Å². The predicted octanol–water partition coefficient (Wildman–Crippen LogP) is 0.636. The van der Waals surface area contributed by atoms with E-state index in [-0.39, 0.29) is 23.7 Å². The summed E-state index contributed by atoms with van der Waals surface area (Å²) in [5, 5.41) is 12.4. The van der Waals surface area contributed by atoms with E-state index in [0.29, 0.717) is 13.0 Å². The molecule has 18 heavy (non-hydrogen) atoms. The van der Waals surface area contributed by atoms with Gasteiger partial charge >= 0.3 is 0 Å². The molecule has 1 rings (SSSR count). The Bertz CT molecular complexity index is 378. The van der Waals surface area contributed by atoms with E-state index in [1.807, 2.05) is 19.1 Å². The van der Waals surface area contributed by atoms with Gasteiger partial charge in [-0.2, -0.15) is 0 Å². The first-order valence-electron chi connectivity index (χ1n) is 6.09. The van der Waals surface area contributed by atoms with Gasteiger partial charge in [0.25, 0.3) is 0 Å². The van der Waals surface area contributed by atoms with Gasteiger partial charge in [-0.1, -0.05) is 12.1 Å². The third kappa shape index (κ3) is 4.35. The Morgan fingerprint density at radius 1 is 1.39 bits per heavy atom. The van der Waals surface area contributed by atoms with E-state index in [0.717, 1.165) is 12.0 Å². The van der Waals surface area contributed by atoms with Gasteiger partial charge in [-0.15, -0.1) is 0 Å². The maximum Gasteiger partial charge on any atom is 0.234 e. The summed E-state index contributed by atoms with van der Waals surface area (Å²) in [5.74, 6) is -0.144. The van der Waals surface area contributed by atoms with Gasteiger partial charge in [0.2, 0.25) is 5.91 Å². The summed E-state index contributed by atoms with van der Waals surface area (Å²) >= 11 is 0. The first kappa shape index (κ1) is 14.5. The van der Waals surface area contributed by atoms with E-state index in [9.17, 15) is 9.90 Å². The monoisotopic (exact) mass is 251 g/mol. The summed E-state index contributed by atoms with van der Waals surface area (Å²) in [4.78, 5) is 11.3. The minimum absolute atomic E-state index is 0.0131. The van der Waals surface area contributed by atoms with Gasteiger partial charge in [0.05, 0.1) is 6.04 Å². The average molecular weight is 251 g/mol. The average Bonchev–Trinajstić information content (AvgIpc) is 2.34. The lowest BCUT2D eigenvalue weighted by molar-refractivity contribution is -0.120. The Kier molecular flexibility index (Phi) is 5.61. The number of hydrogen-bond donors (Lipinski definition) is 4. The minimum Gasteiger partial charge on any atom is -0.508 e. The molecule has 0 bridgehead atoms. The topological polar surface area (TPSA) is 101 Å². The normalized spacial score (nSPS) is 14.1. The van der Waals surface area contributed by atoms with E-state index in [2.05, 4.69) is 5.32 Å². The number of primary amides is 1. The number of nitrogens with one attached hydrogen (secondary N) is 1. The molecule has 1 aromatic carbocycles. The number of rotatable bonds is 7. The van der Waals surface area contributed by atoms with Crippen molar-refractivity contribution < 1.29 is 9.90 Å². The molecule has 0 aromatic heterocycles. The van der Waals surface area contributed by atoms with Crippen LogP contribution >= 0.6 is 0 Å². The van der Waals surface area contributed by atoms with Crippen LogP contribution in [-0.2, 0) is 4.79 Å². The molecule has 0 aliphatic carbocycles. The fourth-order valence-electron chi connectivity index (χ4n) is 1.79. The number of carbonyl (C=O) groups excluding carboxylic acids is 1. The van der Waals surface area contributed by atoms with E-state index in [1.54, 1.807) is 12.1 Å². The van der Waals surface area contributed by atoms with Gasteiger partial charge in [-0.25, -0.2) is 0 Å². The highest BCUT2D eigenvalue weighted by molar-refractivity contribution is 5.79. The van der Waals surface area contributed by atoms with E-state index in [1.165, 1.54) is 0 Å². The summed E-state index contributed by atoms with van der Waals surface area (Å²) < 4.78 is 0. The van der Waals surface area contributed by atoms with Gasteiger partial charge in [0.1, 0.15) is 5.75 Å². The van der Waals surface area contributed by atoms with Gasteiger partial charge in [0, 0.05) is 6.04 Å². The van der Waals surface area contributed by atoms with Crippen LogP contribution in [0.5, 0.6) is 5.75 Å². The number of phenols is 1. The highest BCUT2D eigenvalue weighted by Gasteiger charge is 2.17. The van der Waals surface area contributed by atoms with Crippen molar-refractivity contribution >= 4 is 5.91 Å². The van der Waals surface area contributed by atoms with Crippen LogP contribution in [0.4, 0.5) is 0 Å². The first-order valence-corrected chi connectivity index (χ1v) is 6.09. The zero-order valence-corrected chi connectivity index (χ0v) is 10.6. The van der Waals surface area contributed by atoms with Gasteiger partial charge in [-0.05, 0) is 44.0 Å². The molecule has 0 aliphatic rings. The highest BCUT2D eigenvalue weighted by Crippen LogP contribution is 2.17. The quantitative estimate of drug-likeness (QED) is 0.571. The van der Waals surface area contributed by atoms with Gasteiger partial charge in [0.15, 0.2) is 0 Å². The number of aromatic hydroxyl groups is 1. The zero-order valence-electron chi connectivity index (χ0n) is 10.6. The van der Waals surface area contributed by atoms with Crippen molar-refractivity contribution in [3.05, 3.63) is 29.8 Å². The Labute approximate surface area is 107 Å². The van der Waals surface area contributed by atoms with Crippen LogP contribution in [-0.4, -0.2) is 23.6 Å². The number of hydrogen-bond acceptors (Lipinski definition) is 4. The first-order chi connectivity index (χ1) is 8.54. The molecular formula is C13H21N3O2. The fraction of sp³-hybridized carbons (Fsp3) is 0.462. The third-order valence-electron chi connectivity index (χ3n) is 2.88. The van der Waals surface area contributed by atoms with Gasteiger partial charge < -0.3 is 16.6 Å². The molecule has 5 heteroatoms. The Hall–Kier alpha value is -1.59. The maximum atomic E-state index is 11.3. The number of nitrogens with two attached hydrogens (primary N) is 2. The second kappa shape index (κ2) is 6.98.